The lowest BCUT2D eigenvalue weighted by Gasteiger charge is -2.13. The Morgan fingerprint density at radius 1 is 1.16 bits per heavy atom. The molecule has 1 amide bonds. The molecule has 0 fully saturated rings. The number of quaternary nitrogens is 1. The third-order valence-electron chi connectivity index (χ3n) is 3.86. The fourth-order valence-corrected chi connectivity index (χ4v) is 2.96. The number of rotatable bonds is 7. The van der Waals surface area contributed by atoms with Crippen LogP contribution in [0.15, 0.2) is 36.4 Å². The Kier molecular flexibility index (Phi) is 7.17. The zero-order valence-electron chi connectivity index (χ0n) is 13.7. The highest BCUT2D eigenvalue weighted by Crippen LogP contribution is 2.27. The largest absolute Gasteiger partial charge is 0.351 e. The molecule has 2 aromatic rings. The number of benzene rings is 2. The van der Waals surface area contributed by atoms with Crippen molar-refractivity contribution < 1.29 is 18.9 Å². The summed E-state index contributed by atoms with van der Waals surface area (Å²) in [6.45, 7) is 2.32. The van der Waals surface area contributed by atoms with Crippen molar-refractivity contribution in [3.8, 4) is 0 Å². The number of amides is 1. The van der Waals surface area contributed by atoms with Crippen LogP contribution in [0.5, 0.6) is 0 Å². The van der Waals surface area contributed by atoms with Crippen LogP contribution in [0.3, 0.4) is 0 Å². The summed E-state index contributed by atoms with van der Waals surface area (Å²) < 4.78 is 27.0. The monoisotopic (exact) mass is 387 g/mol. The molecule has 1 atom stereocenters. The van der Waals surface area contributed by atoms with Crippen molar-refractivity contribution in [1.29, 1.82) is 0 Å². The second-order valence-electron chi connectivity index (χ2n) is 5.71. The van der Waals surface area contributed by atoms with Gasteiger partial charge in [-0.1, -0.05) is 41.4 Å². The Morgan fingerprint density at radius 2 is 1.88 bits per heavy atom. The Morgan fingerprint density at radius 3 is 2.60 bits per heavy atom. The van der Waals surface area contributed by atoms with Crippen molar-refractivity contribution in [3.05, 3.63) is 69.2 Å². The number of hydrogen-bond donors (Lipinski definition) is 2. The molecule has 0 unspecified atom stereocenters. The average molecular weight is 388 g/mol. The van der Waals surface area contributed by atoms with Crippen LogP contribution in [0.1, 0.15) is 24.1 Å². The zero-order valence-corrected chi connectivity index (χ0v) is 15.2. The summed E-state index contributed by atoms with van der Waals surface area (Å²) in [7, 11) is 0. The molecule has 3 N–H and O–H groups in total. The van der Waals surface area contributed by atoms with Gasteiger partial charge in [-0.25, -0.2) is 8.78 Å². The van der Waals surface area contributed by atoms with Crippen LogP contribution in [0.25, 0.3) is 0 Å². The van der Waals surface area contributed by atoms with E-state index in [1.54, 1.807) is 23.5 Å². The average Bonchev–Trinajstić information content (AvgIpc) is 2.57. The fraction of sp³-hybridized carbons (Fsp3) is 0.278. The van der Waals surface area contributed by atoms with E-state index in [9.17, 15) is 13.6 Å². The number of halogens is 4. The number of hydrogen-bond acceptors (Lipinski definition) is 1. The quantitative estimate of drug-likeness (QED) is 0.703. The number of carbonyl (C=O) groups is 1. The lowest BCUT2D eigenvalue weighted by molar-refractivity contribution is -0.682. The maximum Gasteiger partial charge on any atom is 0.275 e. The minimum atomic E-state index is -0.546. The van der Waals surface area contributed by atoms with Crippen LogP contribution in [0.4, 0.5) is 8.78 Å². The molecule has 25 heavy (non-hydrogen) atoms. The van der Waals surface area contributed by atoms with Crippen LogP contribution in [-0.2, 0) is 11.2 Å². The molecular weight excluding hydrogens is 369 g/mol. The Labute approximate surface area is 155 Å². The van der Waals surface area contributed by atoms with Gasteiger partial charge in [0.05, 0.1) is 10.0 Å². The van der Waals surface area contributed by atoms with E-state index < -0.39 is 5.82 Å². The predicted molar refractivity (Wildman–Crippen MR) is 94.7 cm³/mol. The van der Waals surface area contributed by atoms with Gasteiger partial charge in [-0.2, -0.15) is 0 Å². The molecule has 0 aliphatic rings. The molecule has 7 heteroatoms. The molecule has 2 aromatic carbocycles. The number of nitrogens with one attached hydrogen (secondary N) is 1. The van der Waals surface area contributed by atoms with Crippen molar-refractivity contribution in [1.82, 2.24) is 5.32 Å². The number of carbonyl (C=O) groups excluding carboxylic acids is 1. The summed E-state index contributed by atoms with van der Waals surface area (Å²) in [5.74, 6) is -1.01. The molecule has 2 rings (SSSR count). The molecule has 0 aliphatic heterocycles. The first kappa shape index (κ1) is 19.6. The second kappa shape index (κ2) is 9.13. The highest BCUT2D eigenvalue weighted by molar-refractivity contribution is 6.35. The van der Waals surface area contributed by atoms with Crippen LogP contribution in [0.2, 0.25) is 10.0 Å². The Hall–Kier alpha value is -1.69. The van der Waals surface area contributed by atoms with Gasteiger partial charge in [0.25, 0.3) is 5.91 Å². The molecule has 0 spiro atoms. The molecule has 0 bridgehead atoms. The third kappa shape index (κ3) is 5.66. The van der Waals surface area contributed by atoms with E-state index >= 15 is 0 Å². The van der Waals surface area contributed by atoms with E-state index in [1.807, 2.05) is 6.92 Å². The first-order valence-electron chi connectivity index (χ1n) is 7.86. The second-order valence-corrected chi connectivity index (χ2v) is 6.52. The zero-order chi connectivity index (χ0) is 18.4. The van der Waals surface area contributed by atoms with Crippen molar-refractivity contribution in [2.75, 3.05) is 13.1 Å². The SMILES string of the molecule is C[C@H]([NH2+]CC(=O)NCCc1ccccc1F)c1cc(F)c(Cl)cc1Cl. The predicted octanol–water partition coefficient (Wildman–Crippen LogP) is 3.25. The van der Waals surface area contributed by atoms with Crippen LogP contribution < -0.4 is 10.6 Å². The number of nitrogens with two attached hydrogens (primary N) is 1. The highest BCUT2D eigenvalue weighted by atomic mass is 35.5. The maximum atomic E-state index is 13.6. The van der Waals surface area contributed by atoms with Gasteiger partial charge in [-0.05, 0) is 37.1 Å². The molecule has 0 heterocycles. The first-order valence-corrected chi connectivity index (χ1v) is 8.62. The summed E-state index contributed by atoms with van der Waals surface area (Å²) in [5, 5.41) is 4.80. The van der Waals surface area contributed by atoms with Gasteiger partial charge in [0.15, 0.2) is 6.54 Å². The minimum absolute atomic E-state index is 0.0353. The normalized spacial score (nSPS) is 12.0. The highest BCUT2D eigenvalue weighted by Gasteiger charge is 2.17. The smallest absolute Gasteiger partial charge is 0.275 e. The van der Waals surface area contributed by atoms with Gasteiger partial charge < -0.3 is 10.6 Å². The van der Waals surface area contributed by atoms with Crippen molar-refractivity contribution in [2.45, 2.75) is 19.4 Å². The Bertz CT molecular complexity index is 756. The summed E-state index contributed by atoms with van der Waals surface area (Å²) in [6, 6.07) is 8.88. The van der Waals surface area contributed by atoms with Gasteiger partial charge in [0.1, 0.15) is 17.7 Å². The van der Waals surface area contributed by atoms with Crippen molar-refractivity contribution >= 4 is 29.1 Å². The van der Waals surface area contributed by atoms with Gasteiger partial charge in [0.2, 0.25) is 0 Å². The molecule has 0 aliphatic carbocycles. The van der Waals surface area contributed by atoms with E-state index in [2.05, 4.69) is 5.32 Å². The fourth-order valence-electron chi connectivity index (χ4n) is 2.41. The van der Waals surface area contributed by atoms with Gasteiger partial charge in [-0.3, -0.25) is 4.79 Å². The molecule has 3 nitrogen and oxygen atoms in total. The lowest BCUT2D eigenvalue weighted by Crippen LogP contribution is -2.87. The van der Waals surface area contributed by atoms with Gasteiger partial charge in [-0.15, -0.1) is 0 Å². The van der Waals surface area contributed by atoms with Crippen LogP contribution in [-0.4, -0.2) is 19.0 Å². The molecule has 134 valence electrons. The summed E-state index contributed by atoms with van der Waals surface area (Å²) in [5.41, 5.74) is 1.13. The molecule has 0 saturated heterocycles. The summed E-state index contributed by atoms with van der Waals surface area (Å²) in [4.78, 5) is 11.9. The maximum absolute atomic E-state index is 13.6. The Balaban J connectivity index is 1.80. The van der Waals surface area contributed by atoms with Crippen molar-refractivity contribution in [2.24, 2.45) is 0 Å². The molecule has 0 aromatic heterocycles. The summed E-state index contributed by atoms with van der Waals surface area (Å²) >= 11 is 11.7. The topological polar surface area (TPSA) is 45.7 Å². The van der Waals surface area contributed by atoms with Crippen LogP contribution in [0, 0.1) is 11.6 Å². The summed E-state index contributed by atoms with van der Waals surface area (Å²) in [6.07, 6.45) is 0.419. The molecule has 0 radical (unpaired) electrons. The lowest BCUT2D eigenvalue weighted by atomic mass is 10.1. The standard InChI is InChI=1S/C18H18Cl2F2N2O/c1-11(13-8-17(22)15(20)9-14(13)19)24-10-18(25)23-7-6-12-4-2-3-5-16(12)21/h2-5,8-9,11,24H,6-7,10H2,1H3,(H,23,25)/p+1/t11-/m0/s1. The first-order chi connectivity index (χ1) is 11.9. The van der Waals surface area contributed by atoms with E-state index in [0.29, 0.717) is 29.1 Å². The van der Waals surface area contributed by atoms with E-state index in [4.69, 9.17) is 23.2 Å². The van der Waals surface area contributed by atoms with Gasteiger partial charge in [0, 0.05) is 12.1 Å². The van der Waals surface area contributed by atoms with E-state index in [0.717, 1.165) is 0 Å². The van der Waals surface area contributed by atoms with E-state index in [-0.39, 0.29) is 29.3 Å². The van der Waals surface area contributed by atoms with E-state index in [1.165, 1.54) is 18.2 Å². The van der Waals surface area contributed by atoms with Gasteiger partial charge >= 0.3 is 0 Å². The minimum Gasteiger partial charge on any atom is -0.351 e. The molecular formula is C18H19Cl2F2N2O+. The van der Waals surface area contributed by atoms with Crippen LogP contribution >= 0.6 is 23.2 Å². The molecule has 0 saturated carbocycles. The third-order valence-corrected chi connectivity index (χ3v) is 4.48. The van der Waals surface area contributed by atoms with Crippen molar-refractivity contribution in [3.63, 3.8) is 0 Å².